The molecule has 0 radical (unpaired) electrons. The molecule has 0 aliphatic rings. The minimum Gasteiger partial charge on any atom is -0.724 e. The quantitative estimate of drug-likeness (QED) is 0.0856. The van der Waals surface area contributed by atoms with E-state index in [1.807, 2.05) is 0 Å². The van der Waals surface area contributed by atoms with Gasteiger partial charge in [0.15, 0.2) is 0 Å². The van der Waals surface area contributed by atoms with Crippen LogP contribution in [0.15, 0.2) is 0 Å². The Bertz CT molecular complexity index is 534. The number of nitrogens with zero attached hydrogens (tertiary/aromatic N) is 1. The first kappa shape index (κ1) is 30.9. The van der Waals surface area contributed by atoms with Crippen molar-refractivity contribution < 1.29 is 39.1 Å². The SMILES string of the molecule is CCCCCCCCCCCC[N+](CC)(CC)CC.O=S(=O)([O-])OOS(=O)(=O)O. The van der Waals surface area contributed by atoms with Crippen molar-refractivity contribution in [2.24, 2.45) is 0 Å². The Morgan fingerprint density at radius 2 is 1.07 bits per heavy atom. The molecule has 0 unspecified atom stereocenters. The van der Waals surface area contributed by atoms with Crippen LogP contribution in [0.2, 0.25) is 0 Å². The maximum Gasteiger partial charge on any atom is 0.425 e. The second kappa shape index (κ2) is 17.4. The van der Waals surface area contributed by atoms with Gasteiger partial charge in [-0.05, 0) is 33.6 Å². The molecule has 0 heterocycles. The molecule has 9 nitrogen and oxygen atoms in total. The monoisotopic (exact) mass is 463 g/mol. The minimum absolute atomic E-state index is 1.31. The molecule has 0 aromatic heterocycles. The summed E-state index contributed by atoms with van der Waals surface area (Å²) in [6, 6.07) is 0. The largest absolute Gasteiger partial charge is 0.724 e. The zero-order valence-electron chi connectivity index (χ0n) is 18.5. The maximum atomic E-state index is 9.48. The molecule has 178 valence electrons. The summed E-state index contributed by atoms with van der Waals surface area (Å²) < 4.78 is 61.5. The molecule has 0 saturated carbocycles. The molecule has 0 amide bonds. The van der Waals surface area contributed by atoms with Crippen LogP contribution in [0.1, 0.15) is 91.9 Å². The zero-order valence-corrected chi connectivity index (χ0v) is 20.1. The van der Waals surface area contributed by atoms with Crippen molar-refractivity contribution in [1.82, 2.24) is 0 Å². The fourth-order valence-corrected chi connectivity index (χ4v) is 3.70. The minimum atomic E-state index is -5.27. The summed E-state index contributed by atoms with van der Waals surface area (Å²) in [6.45, 7) is 14.7. The van der Waals surface area contributed by atoms with E-state index in [2.05, 4.69) is 36.4 Å². The van der Waals surface area contributed by atoms with Crippen LogP contribution in [0, 0.1) is 0 Å². The first-order chi connectivity index (χ1) is 13.4. The highest BCUT2D eigenvalue weighted by atomic mass is 32.3. The Kier molecular flexibility index (Phi) is 18.5. The number of hydrogen-bond acceptors (Lipinski definition) is 7. The van der Waals surface area contributed by atoms with Crippen molar-refractivity contribution in [2.45, 2.75) is 91.9 Å². The van der Waals surface area contributed by atoms with E-state index in [0.29, 0.717) is 0 Å². The molecule has 0 aliphatic heterocycles. The summed E-state index contributed by atoms with van der Waals surface area (Å²) >= 11 is 0. The number of quaternary nitrogens is 1. The van der Waals surface area contributed by atoms with Crippen LogP contribution in [0.4, 0.5) is 0 Å². The van der Waals surface area contributed by atoms with Gasteiger partial charge in [-0.1, -0.05) is 67.0 Å². The van der Waals surface area contributed by atoms with Gasteiger partial charge < -0.3 is 9.04 Å². The third-order valence-corrected chi connectivity index (χ3v) is 5.76. The van der Waals surface area contributed by atoms with Crippen LogP contribution in [-0.2, 0) is 29.5 Å². The van der Waals surface area contributed by atoms with Crippen LogP contribution >= 0.6 is 0 Å². The van der Waals surface area contributed by atoms with Crippen LogP contribution in [0.5, 0.6) is 0 Å². The van der Waals surface area contributed by atoms with E-state index in [4.69, 9.17) is 4.55 Å². The average Bonchev–Trinajstić information content (AvgIpc) is 2.65. The fraction of sp³-hybridized carbons (Fsp3) is 1.00. The lowest BCUT2D eigenvalue weighted by Gasteiger charge is -2.35. The highest BCUT2D eigenvalue weighted by Crippen LogP contribution is 2.13. The van der Waals surface area contributed by atoms with Gasteiger partial charge in [-0.3, -0.25) is 4.55 Å². The molecule has 1 N–H and O–H groups in total. The molecule has 0 aromatic rings. The fourth-order valence-electron chi connectivity index (χ4n) is 3.15. The van der Waals surface area contributed by atoms with Crippen molar-refractivity contribution in [3.63, 3.8) is 0 Å². The smallest absolute Gasteiger partial charge is 0.425 e. The lowest BCUT2D eigenvalue weighted by atomic mass is 10.1. The predicted molar refractivity (Wildman–Crippen MR) is 112 cm³/mol. The van der Waals surface area contributed by atoms with Crippen molar-refractivity contribution in [2.75, 3.05) is 26.2 Å². The molecule has 0 bridgehead atoms. The summed E-state index contributed by atoms with van der Waals surface area (Å²) in [6.07, 6.45) is 14.5. The zero-order chi connectivity index (χ0) is 22.8. The third kappa shape index (κ3) is 22.2. The van der Waals surface area contributed by atoms with Gasteiger partial charge in [-0.15, -0.1) is 0 Å². The molecule has 0 aliphatic carbocycles. The predicted octanol–water partition coefficient (Wildman–Crippen LogP) is 3.98. The molecule has 0 atom stereocenters. The Labute approximate surface area is 178 Å². The van der Waals surface area contributed by atoms with Crippen molar-refractivity contribution in [3.8, 4) is 0 Å². The summed E-state index contributed by atoms with van der Waals surface area (Å²) in [7, 11) is -10.3. The second-order valence-electron chi connectivity index (χ2n) is 7.17. The van der Waals surface area contributed by atoms with Gasteiger partial charge in [-0.2, -0.15) is 8.42 Å². The average molecular weight is 464 g/mol. The first-order valence-corrected chi connectivity index (χ1v) is 13.3. The van der Waals surface area contributed by atoms with E-state index in [1.165, 1.54) is 94.9 Å². The molecule has 11 heteroatoms. The van der Waals surface area contributed by atoms with Gasteiger partial charge in [-0.25, -0.2) is 8.42 Å². The molecule has 0 spiro atoms. The second-order valence-corrected chi connectivity index (χ2v) is 9.11. The van der Waals surface area contributed by atoms with E-state index in [1.54, 1.807) is 0 Å². The van der Waals surface area contributed by atoms with E-state index in [0.717, 1.165) is 0 Å². The van der Waals surface area contributed by atoms with E-state index in [-0.39, 0.29) is 0 Å². The van der Waals surface area contributed by atoms with Gasteiger partial charge in [0.2, 0.25) is 10.4 Å². The molecular formula is C18H41NO8S2. The molecular weight excluding hydrogens is 422 g/mol. The molecule has 0 rings (SSSR count). The summed E-state index contributed by atoms with van der Waals surface area (Å²) in [5.41, 5.74) is 0. The molecule has 0 aromatic carbocycles. The van der Waals surface area contributed by atoms with Gasteiger partial charge in [0.25, 0.3) is 0 Å². The van der Waals surface area contributed by atoms with Gasteiger partial charge in [0.05, 0.1) is 26.2 Å². The van der Waals surface area contributed by atoms with Crippen molar-refractivity contribution in [3.05, 3.63) is 0 Å². The first-order valence-electron chi connectivity index (χ1n) is 10.6. The number of unbranched alkanes of at least 4 members (excludes halogenated alkanes) is 9. The van der Waals surface area contributed by atoms with Crippen LogP contribution in [0.25, 0.3) is 0 Å². The topological polar surface area (TPSA) is 130 Å². The normalized spacial score (nSPS) is 12.5. The molecule has 0 fully saturated rings. The Morgan fingerprint density at radius 3 is 1.34 bits per heavy atom. The summed E-state index contributed by atoms with van der Waals surface area (Å²) in [5.74, 6) is 0. The standard InChI is InChI=1S/C18H40N.H2O8S2/c1-5-9-10-11-12-13-14-15-16-17-18-19(6-2,7-3)8-4;1-9(2,3)7-8-10(4,5)6/h5-18H2,1-4H3;(H,1,2,3)(H,4,5,6)/q+1;/p-1. The highest BCUT2D eigenvalue weighted by molar-refractivity contribution is 7.83. The van der Waals surface area contributed by atoms with E-state index in [9.17, 15) is 21.4 Å². The Morgan fingerprint density at radius 1 is 0.690 bits per heavy atom. The number of rotatable bonds is 17. The van der Waals surface area contributed by atoms with Gasteiger partial charge in [0, 0.05) is 0 Å². The van der Waals surface area contributed by atoms with E-state index >= 15 is 0 Å². The lowest BCUT2D eigenvalue weighted by molar-refractivity contribution is -0.923. The lowest BCUT2D eigenvalue weighted by Crippen LogP contribution is -2.48. The highest BCUT2D eigenvalue weighted by Gasteiger charge is 2.19. The van der Waals surface area contributed by atoms with Gasteiger partial charge in [0.1, 0.15) is 0 Å². The van der Waals surface area contributed by atoms with Crippen molar-refractivity contribution in [1.29, 1.82) is 0 Å². The summed E-state index contributed by atoms with van der Waals surface area (Å²) in [4.78, 5) is 0. The maximum absolute atomic E-state index is 9.48. The van der Waals surface area contributed by atoms with Crippen LogP contribution < -0.4 is 0 Å². The van der Waals surface area contributed by atoms with Crippen LogP contribution in [-0.4, -0.2) is 56.6 Å². The number of hydrogen-bond donors (Lipinski definition) is 1. The molecule has 0 saturated heterocycles. The third-order valence-electron chi connectivity index (χ3n) is 5.20. The Hall–Kier alpha value is -0.300. The Balaban J connectivity index is 0. The summed E-state index contributed by atoms with van der Waals surface area (Å²) in [5, 5.41) is 0. The molecule has 29 heavy (non-hydrogen) atoms. The van der Waals surface area contributed by atoms with Gasteiger partial charge >= 0.3 is 10.4 Å². The van der Waals surface area contributed by atoms with Crippen LogP contribution in [0.3, 0.4) is 0 Å². The van der Waals surface area contributed by atoms with Crippen molar-refractivity contribution >= 4 is 20.8 Å². The van der Waals surface area contributed by atoms with E-state index < -0.39 is 20.8 Å².